The van der Waals surface area contributed by atoms with Gasteiger partial charge in [0.1, 0.15) is 0 Å². The summed E-state index contributed by atoms with van der Waals surface area (Å²) in [6.07, 6.45) is 0.980. The second kappa shape index (κ2) is 8.04. The number of sulfone groups is 2. The highest BCUT2D eigenvalue weighted by Gasteiger charge is 2.48. The molecule has 160 valence electrons. The number of hydrogen-bond acceptors (Lipinski definition) is 7. The first-order valence-electron chi connectivity index (χ1n) is 9.35. The van der Waals surface area contributed by atoms with Crippen molar-refractivity contribution >= 4 is 37.2 Å². The van der Waals surface area contributed by atoms with Gasteiger partial charge in [-0.15, -0.1) is 0 Å². The van der Waals surface area contributed by atoms with Gasteiger partial charge in [0, 0.05) is 24.6 Å². The third-order valence-electron chi connectivity index (χ3n) is 5.57. The Kier molecular flexibility index (Phi) is 6.02. The van der Waals surface area contributed by atoms with Gasteiger partial charge in [-0.2, -0.15) is 0 Å². The van der Waals surface area contributed by atoms with Crippen LogP contribution in [0, 0.1) is 5.92 Å². The zero-order valence-corrected chi connectivity index (χ0v) is 17.7. The summed E-state index contributed by atoms with van der Waals surface area (Å²) in [7, 11) is -7.42. The molecule has 2 heterocycles. The molecule has 2 fully saturated rings. The minimum atomic E-state index is -3.91. The number of carbonyl (C=O) groups excluding carboxylic acids is 2. The fraction of sp³-hybridized carbons (Fsp3) is 0.556. The molecule has 1 aromatic carbocycles. The second-order valence-electron chi connectivity index (χ2n) is 7.65. The number of primary amides is 1. The van der Waals surface area contributed by atoms with Gasteiger partial charge in [0.25, 0.3) is 0 Å². The van der Waals surface area contributed by atoms with E-state index < -0.39 is 36.7 Å². The van der Waals surface area contributed by atoms with Gasteiger partial charge < -0.3 is 11.1 Å². The van der Waals surface area contributed by atoms with E-state index in [0.29, 0.717) is 31.6 Å². The number of nitrogens with two attached hydrogens (primary N) is 1. The number of carbonyl (C=O) groups is 2. The Morgan fingerprint density at radius 1 is 1.10 bits per heavy atom. The molecule has 11 heteroatoms. The fourth-order valence-corrected chi connectivity index (χ4v) is 8.89. The van der Waals surface area contributed by atoms with E-state index in [9.17, 15) is 26.4 Å². The topological polar surface area (TPSA) is 144 Å². The highest BCUT2D eigenvalue weighted by molar-refractivity contribution is 7.96. The maximum atomic E-state index is 13.2. The van der Waals surface area contributed by atoms with Gasteiger partial charge >= 0.3 is 0 Å². The molecule has 0 bridgehead atoms. The molecule has 2 aliphatic rings. The molecule has 2 aliphatic heterocycles. The summed E-state index contributed by atoms with van der Waals surface area (Å²) in [6.45, 7) is 2.21. The van der Waals surface area contributed by atoms with E-state index >= 15 is 0 Å². The summed E-state index contributed by atoms with van der Waals surface area (Å²) >= 11 is 0. The predicted molar refractivity (Wildman–Crippen MR) is 108 cm³/mol. The third kappa shape index (κ3) is 4.78. The van der Waals surface area contributed by atoms with E-state index in [1.54, 1.807) is 0 Å². The highest BCUT2D eigenvalue weighted by atomic mass is 32.2. The van der Waals surface area contributed by atoms with Crippen molar-refractivity contribution in [1.82, 2.24) is 4.90 Å². The number of hydrogen-bond donors (Lipinski definition) is 2. The molecule has 0 radical (unpaired) electrons. The van der Waals surface area contributed by atoms with Crippen molar-refractivity contribution in [2.24, 2.45) is 11.7 Å². The number of nitrogens with zero attached hydrogens (tertiary/aromatic N) is 1. The molecular weight excluding hydrogens is 418 g/mol. The summed E-state index contributed by atoms with van der Waals surface area (Å²) in [6, 6.07) is 5.05. The first kappa shape index (κ1) is 21.7. The Hall–Kier alpha value is -1.98. The Labute approximate surface area is 170 Å². The van der Waals surface area contributed by atoms with Crippen LogP contribution in [0.2, 0.25) is 0 Å². The molecule has 0 spiro atoms. The number of anilines is 1. The molecule has 2 saturated heterocycles. The Morgan fingerprint density at radius 3 is 2.21 bits per heavy atom. The molecule has 0 unspecified atom stereocenters. The highest BCUT2D eigenvalue weighted by Crippen LogP contribution is 2.32. The molecule has 0 saturated carbocycles. The van der Waals surface area contributed by atoms with Gasteiger partial charge in [-0.3, -0.25) is 14.5 Å². The summed E-state index contributed by atoms with van der Waals surface area (Å²) in [5.41, 5.74) is 5.81. The summed E-state index contributed by atoms with van der Waals surface area (Å²) in [5.74, 6) is -1.57. The lowest BCUT2D eigenvalue weighted by Gasteiger charge is -2.36. The van der Waals surface area contributed by atoms with Crippen LogP contribution < -0.4 is 11.1 Å². The van der Waals surface area contributed by atoms with Crippen LogP contribution in [0.3, 0.4) is 0 Å². The number of nitrogens with one attached hydrogen (secondary N) is 1. The van der Waals surface area contributed by atoms with E-state index in [1.807, 2.05) is 4.90 Å². The summed E-state index contributed by atoms with van der Waals surface area (Å²) in [5, 5.41) is 1.48. The maximum Gasteiger partial charge on any atom is 0.221 e. The van der Waals surface area contributed by atoms with Crippen LogP contribution in [-0.2, 0) is 29.3 Å². The van der Waals surface area contributed by atoms with Crippen molar-refractivity contribution < 1.29 is 26.4 Å². The van der Waals surface area contributed by atoms with Crippen LogP contribution in [0.25, 0.3) is 0 Å². The number of amides is 2. The van der Waals surface area contributed by atoms with Gasteiger partial charge in [-0.25, -0.2) is 16.8 Å². The smallest absolute Gasteiger partial charge is 0.221 e. The largest absolute Gasteiger partial charge is 0.369 e. The van der Waals surface area contributed by atoms with E-state index in [-0.39, 0.29) is 28.4 Å². The predicted octanol–water partition coefficient (Wildman–Crippen LogP) is -0.218. The molecule has 0 aliphatic carbocycles. The van der Waals surface area contributed by atoms with Crippen LogP contribution in [0.15, 0.2) is 29.2 Å². The van der Waals surface area contributed by atoms with Crippen LogP contribution in [0.1, 0.15) is 19.8 Å². The average Bonchev–Trinajstić information content (AvgIpc) is 2.98. The number of rotatable bonds is 5. The van der Waals surface area contributed by atoms with Crippen molar-refractivity contribution in [2.75, 3.05) is 29.9 Å². The van der Waals surface area contributed by atoms with Crippen molar-refractivity contribution in [1.29, 1.82) is 0 Å². The quantitative estimate of drug-likeness (QED) is 0.640. The molecule has 3 N–H and O–H groups in total. The number of benzene rings is 1. The molecule has 0 aromatic heterocycles. The number of likely N-dealkylation sites (tertiary alicyclic amines) is 1. The van der Waals surface area contributed by atoms with E-state index in [0.717, 1.165) is 0 Å². The molecule has 1 aromatic rings. The first-order chi connectivity index (χ1) is 13.5. The van der Waals surface area contributed by atoms with Gasteiger partial charge in [0.2, 0.25) is 11.8 Å². The van der Waals surface area contributed by atoms with Crippen LogP contribution in [0.5, 0.6) is 0 Å². The van der Waals surface area contributed by atoms with Crippen LogP contribution in [-0.4, -0.2) is 69.4 Å². The van der Waals surface area contributed by atoms with Crippen molar-refractivity contribution in [3.8, 4) is 0 Å². The Morgan fingerprint density at radius 2 is 1.69 bits per heavy atom. The molecule has 3 rings (SSSR count). The molecule has 9 nitrogen and oxygen atoms in total. The number of piperidine rings is 1. The first-order valence-corrected chi connectivity index (χ1v) is 12.7. The van der Waals surface area contributed by atoms with E-state index in [2.05, 4.69) is 5.32 Å². The summed E-state index contributed by atoms with van der Waals surface area (Å²) < 4.78 is 51.1. The molecule has 2 atom stereocenters. The lowest BCUT2D eigenvalue weighted by atomic mass is 9.95. The van der Waals surface area contributed by atoms with Crippen LogP contribution >= 0.6 is 0 Å². The Balaban J connectivity index is 1.84. The lowest BCUT2D eigenvalue weighted by Crippen LogP contribution is -2.50. The van der Waals surface area contributed by atoms with E-state index in [4.69, 9.17) is 5.73 Å². The van der Waals surface area contributed by atoms with Crippen LogP contribution in [0.4, 0.5) is 5.69 Å². The lowest BCUT2D eigenvalue weighted by molar-refractivity contribution is -0.123. The van der Waals surface area contributed by atoms with Crippen molar-refractivity contribution in [3.63, 3.8) is 0 Å². The second-order valence-corrected chi connectivity index (χ2v) is 12.0. The monoisotopic (exact) mass is 443 g/mol. The minimum Gasteiger partial charge on any atom is -0.369 e. The van der Waals surface area contributed by atoms with Gasteiger partial charge in [-0.05, 0) is 50.2 Å². The van der Waals surface area contributed by atoms with Gasteiger partial charge in [0.05, 0.1) is 21.7 Å². The summed E-state index contributed by atoms with van der Waals surface area (Å²) in [4.78, 5) is 24.4. The fourth-order valence-electron chi connectivity index (χ4n) is 4.06. The van der Waals surface area contributed by atoms with Gasteiger partial charge in [0.15, 0.2) is 19.7 Å². The standard InChI is InChI=1S/C18H25N3O6S2/c1-12(22)20-14-2-4-15(5-3-14)29(26,27)17-11-28(24,25)10-16(17)21-8-6-13(7-9-21)18(19)23/h2-5,13,16-17H,6-11H2,1H3,(H2,19,23)(H,20,22)/t16-,17-/m0/s1. The normalized spacial score (nSPS) is 25.6. The maximum absolute atomic E-state index is 13.2. The van der Waals surface area contributed by atoms with Crippen molar-refractivity contribution in [2.45, 2.75) is 36.0 Å². The third-order valence-corrected chi connectivity index (χ3v) is 9.71. The zero-order chi connectivity index (χ0) is 21.4. The molecule has 2 amide bonds. The zero-order valence-electron chi connectivity index (χ0n) is 16.1. The minimum absolute atomic E-state index is 0.0192. The Bertz CT molecular complexity index is 997. The molecular formula is C18H25N3O6S2. The SMILES string of the molecule is CC(=O)Nc1ccc(S(=O)(=O)[C@H]2CS(=O)(=O)C[C@@H]2N2CCC(C(N)=O)CC2)cc1. The molecule has 29 heavy (non-hydrogen) atoms. The van der Waals surface area contributed by atoms with Crippen molar-refractivity contribution in [3.05, 3.63) is 24.3 Å². The average molecular weight is 444 g/mol. The van der Waals surface area contributed by atoms with Gasteiger partial charge in [-0.1, -0.05) is 0 Å². The van der Waals surface area contributed by atoms with E-state index in [1.165, 1.54) is 31.2 Å².